The van der Waals surface area contributed by atoms with Crippen molar-refractivity contribution < 1.29 is 4.79 Å². The fourth-order valence-corrected chi connectivity index (χ4v) is 2.15. The van der Waals surface area contributed by atoms with Gasteiger partial charge in [0.15, 0.2) is 0 Å². The molecule has 0 saturated carbocycles. The molecule has 0 radical (unpaired) electrons. The number of benzene rings is 1. The van der Waals surface area contributed by atoms with Crippen LogP contribution in [0, 0.1) is 0 Å². The number of amides is 1. The highest BCUT2D eigenvalue weighted by molar-refractivity contribution is 5.79. The average Bonchev–Trinajstić information content (AvgIpc) is 2.28. The van der Waals surface area contributed by atoms with E-state index in [2.05, 4.69) is 18.7 Å². The summed E-state index contributed by atoms with van der Waals surface area (Å²) in [6.07, 6.45) is 0.718. The van der Waals surface area contributed by atoms with E-state index in [1.807, 2.05) is 31.2 Å². The summed E-state index contributed by atoms with van der Waals surface area (Å²) in [6.45, 7) is 6.80. The van der Waals surface area contributed by atoms with Crippen molar-refractivity contribution in [2.75, 3.05) is 5.73 Å². The predicted octanol–water partition coefficient (Wildman–Crippen LogP) is 1.74. The SMILES string of the molecule is CCC(C(N)=O)N(Cc1cccc(N)c1)C(C)C. The zero-order chi connectivity index (χ0) is 13.7. The highest BCUT2D eigenvalue weighted by atomic mass is 16.1. The minimum atomic E-state index is -0.268. The molecule has 1 rings (SSSR count). The number of carbonyl (C=O) groups excluding carboxylic acids is 1. The van der Waals surface area contributed by atoms with E-state index in [1.165, 1.54) is 0 Å². The molecule has 100 valence electrons. The zero-order valence-electron chi connectivity index (χ0n) is 11.4. The van der Waals surface area contributed by atoms with Crippen LogP contribution in [-0.4, -0.2) is 22.9 Å². The number of nitrogens with two attached hydrogens (primary N) is 2. The molecule has 1 aromatic carbocycles. The van der Waals surface area contributed by atoms with E-state index in [0.717, 1.165) is 17.7 Å². The van der Waals surface area contributed by atoms with Gasteiger partial charge in [0.1, 0.15) is 0 Å². The Morgan fingerprint density at radius 3 is 2.50 bits per heavy atom. The van der Waals surface area contributed by atoms with Crippen molar-refractivity contribution in [3.63, 3.8) is 0 Å². The molecule has 0 saturated heterocycles. The van der Waals surface area contributed by atoms with Crippen molar-refractivity contribution in [1.29, 1.82) is 0 Å². The van der Waals surface area contributed by atoms with Crippen molar-refractivity contribution in [2.24, 2.45) is 5.73 Å². The van der Waals surface area contributed by atoms with E-state index >= 15 is 0 Å². The molecule has 0 bridgehead atoms. The van der Waals surface area contributed by atoms with E-state index in [4.69, 9.17) is 11.5 Å². The van der Waals surface area contributed by atoms with Gasteiger partial charge < -0.3 is 11.5 Å². The lowest BCUT2D eigenvalue weighted by Crippen LogP contribution is -2.47. The molecular weight excluding hydrogens is 226 g/mol. The lowest BCUT2D eigenvalue weighted by atomic mass is 10.1. The van der Waals surface area contributed by atoms with Gasteiger partial charge in [0, 0.05) is 18.3 Å². The molecular formula is C14H23N3O. The summed E-state index contributed by atoms with van der Waals surface area (Å²) in [4.78, 5) is 13.6. The van der Waals surface area contributed by atoms with E-state index in [1.54, 1.807) is 0 Å². The monoisotopic (exact) mass is 249 g/mol. The fourth-order valence-electron chi connectivity index (χ4n) is 2.15. The molecule has 0 spiro atoms. The maximum absolute atomic E-state index is 11.5. The molecule has 1 unspecified atom stereocenters. The van der Waals surface area contributed by atoms with Crippen LogP contribution in [0.4, 0.5) is 5.69 Å². The number of primary amides is 1. The van der Waals surface area contributed by atoms with Crippen LogP contribution < -0.4 is 11.5 Å². The fraction of sp³-hybridized carbons (Fsp3) is 0.500. The first-order valence-electron chi connectivity index (χ1n) is 6.35. The number of nitrogens with zero attached hydrogens (tertiary/aromatic N) is 1. The molecule has 18 heavy (non-hydrogen) atoms. The van der Waals surface area contributed by atoms with Gasteiger partial charge in [-0.2, -0.15) is 0 Å². The lowest BCUT2D eigenvalue weighted by Gasteiger charge is -2.32. The molecule has 0 aliphatic heterocycles. The molecule has 1 aromatic rings. The van der Waals surface area contributed by atoms with Crippen molar-refractivity contribution in [3.05, 3.63) is 29.8 Å². The highest BCUT2D eigenvalue weighted by Crippen LogP contribution is 2.16. The van der Waals surface area contributed by atoms with Gasteiger partial charge in [-0.15, -0.1) is 0 Å². The van der Waals surface area contributed by atoms with Gasteiger partial charge >= 0.3 is 0 Å². The summed E-state index contributed by atoms with van der Waals surface area (Å²) >= 11 is 0. The van der Waals surface area contributed by atoms with Gasteiger partial charge in [-0.3, -0.25) is 9.69 Å². The van der Waals surface area contributed by atoms with Gasteiger partial charge in [-0.05, 0) is 38.0 Å². The van der Waals surface area contributed by atoms with E-state index in [0.29, 0.717) is 6.54 Å². The zero-order valence-corrected chi connectivity index (χ0v) is 11.4. The summed E-state index contributed by atoms with van der Waals surface area (Å²) in [6, 6.07) is 7.75. The van der Waals surface area contributed by atoms with E-state index in [9.17, 15) is 4.79 Å². The van der Waals surface area contributed by atoms with Crippen LogP contribution in [0.2, 0.25) is 0 Å². The van der Waals surface area contributed by atoms with Crippen LogP contribution in [0.25, 0.3) is 0 Å². The lowest BCUT2D eigenvalue weighted by molar-refractivity contribution is -0.124. The number of carbonyl (C=O) groups is 1. The predicted molar refractivity (Wildman–Crippen MR) is 74.8 cm³/mol. The molecule has 0 fully saturated rings. The molecule has 0 heterocycles. The maximum atomic E-state index is 11.5. The molecule has 1 atom stereocenters. The van der Waals surface area contributed by atoms with Crippen molar-refractivity contribution in [2.45, 2.75) is 45.8 Å². The second kappa shape index (κ2) is 6.40. The Kier molecular flexibility index (Phi) is 5.16. The highest BCUT2D eigenvalue weighted by Gasteiger charge is 2.24. The Morgan fingerprint density at radius 2 is 2.06 bits per heavy atom. The molecule has 4 N–H and O–H groups in total. The Morgan fingerprint density at radius 1 is 1.39 bits per heavy atom. The first kappa shape index (κ1) is 14.5. The molecule has 4 nitrogen and oxygen atoms in total. The van der Waals surface area contributed by atoms with Gasteiger partial charge in [-0.25, -0.2) is 0 Å². The third-order valence-electron chi connectivity index (χ3n) is 3.09. The van der Waals surface area contributed by atoms with Gasteiger partial charge in [-0.1, -0.05) is 19.1 Å². The van der Waals surface area contributed by atoms with E-state index in [-0.39, 0.29) is 18.0 Å². The average molecular weight is 249 g/mol. The Labute approximate surface area is 109 Å². The van der Waals surface area contributed by atoms with Crippen molar-refractivity contribution in [1.82, 2.24) is 4.90 Å². The number of anilines is 1. The minimum absolute atomic E-state index is 0.230. The normalized spacial score (nSPS) is 12.9. The van der Waals surface area contributed by atoms with Crippen molar-refractivity contribution >= 4 is 11.6 Å². The third kappa shape index (κ3) is 3.74. The Bertz CT molecular complexity index is 404. The minimum Gasteiger partial charge on any atom is -0.399 e. The van der Waals surface area contributed by atoms with Crippen LogP contribution in [0.15, 0.2) is 24.3 Å². The van der Waals surface area contributed by atoms with Crippen LogP contribution in [0.1, 0.15) is 32.8 Å². The van der Waals surface area contributed by atoms with Gasteiger partial charge in [0.25, 0.3) is 0 Å². The molecule has 4 heteroatoms. The quantitative estimate of drug-likeness (QED) is 0.754. The van der Waals surface area contributed by atoms with Gasteiger partial charge in [0.2, 0.25) is 5.91 Å². The smallest absolute Gasteiger partial charge is 0.234 e. The Balaban J connectivity index is 2.89. The molecule has 0 aromatic heterocycles. The summed E-state index contributed by atoms with van der Waals surface area (Å²) < 4.78 is 0. The third-order valence-corrected chi connectivity index (χ3v) is 3.09. The van der Waals surface area contributed by atoms with Crippen LogP contribution in [0.3, 0.4) is 0 Å². The summed E-state index contributed by atoms with van der Waals surface area (Å²) in [5.41, 5.74) is 13.1. The first-order valence-corrected chi connectivity index (χ1v) is 6.35. The molecule has 0 aliphatic rings. The van der Waals surface area contributed by atoms with Crippen molar-refractivity contribution in [3.8, 4) is 0 Å². The van der Waals surface area contributed by atoms with Crippen LogP contribution in [0.5, 0.6) is 0 Å². The summed E-state index contributed by atoms with van der Waals surface area (Å²) in [5.74, 6) is -0.268. The first-order chi connectivity index (χ1) is 8.45. The number of hydrogen-bond acceptors (Lipinski definition) is 3. The largest absolute Gasteiger partial charge is 0.399 e. The summed E-state index contributed by atoms with van der Waals surface area (Å²) in [7, 11) is 0. The van der Waals surface area contributed by atoms with Gasteiger partial charge in [0.05, 0.1) is 6.04 Å². The maximum Gasteiger partial charge on any atom is 0.234 e. The second-order valence-electron chi connectivity index (χ2n) is 4.84. The van der Waals surface area contributed by atoms with Crippen LogP contribution >= 0.6 is 0 Å². The van der Waals surface area contributed by atoms with E-state index < -0.39 is 0 Å². The Hall–Kier alpha value is -1.55. The molecule has 1 amide bonds. The standard InChI is InChI=1S/C14H23N3O/c1-4-13(14(16)18)17(10(2)3)9-11-6-5-7-12(15)8-11/h5-8,10,13H,4,9,15H2,1-3H3,(H2,16,18). The van der Waals surface area contributed by atoms with Crippen LogP contribution in [-0.2, 0) is 11.3 Å². The number of nitrogen functional groups attached to an aromatic ring is 1. The second-order valence-corrected chi connectivity index (χ2v) is 4.84. The number of rotatable bonds is 6. The number of hydrogen-bond donors (Lipinski definition) is 2. The molecule has 0 aliphatic carbocycles. The summed E-state index contributed by atoms with van der Waals surface area (Å²) in [5, 5.41) is 0. The topological polar surface area (TPSA) is 72.4 Å².